The van der Waals surface area contributed by atoms with Gasteiger partial charge in [-0.3, -0.25) is 0 Å². The van der Waals surface area contributed by atoms with Gasteiger partial charge in [-0.1, -0.05) is 13.8 Å². The Morgan fingerprint density at radius 3 is 2.42 bits per heavy atom. The van der Waals surface area contributed by atoms with Crippen LogP contribution in [0.5, 0.6) is 0 Å². The Balaban J connectivity index is 3.16. The molecule has 0 bridgehead atoms. The van der Waals surface area contributed by atoms with Crippen molar-refractivity contribution in [2.75, 3.05) is 5.73 Å². The summed E-state index contributed by atoms with van der Waals surface area (Å²) < 4.78 is 2.95. The molecule has 1 heterocycles. The van der Waals surface area contributed by atoms with E-state index in [9.17, 15) is 0 Å². The highest BCUT2D eigenvalue weighted by Crippen LogP contribution is 2.24. The molecule has 0 aliphatic carbocycles. The van der Waals surface area contributed by atoms with Crippen molar-refractivity contribution in [3.8, 4) is 0 Å². The molecule has 0 aliphatic rings. The van der Waals surface area contributed by atoms with Gasteiger partial charge in [-0.05, 0) is 35.4 Å². The summed E-state index contributed by atoms with van der Waals surface area (Å²) in [5.74, 6) is 1.24. The lowest BCUT2D eigenvalue weighted by atomic mass is 10.1. The lowest BCUT2D eigenvalue weighted by Crippen LogP contribution is -2.02. The Morgan fingerprint density at radius 2 is 2.17 bits per heavy atom. The van der Waals surface area contributed by atoms with Crippen molar-refractivity contribution in [1.29, 1.82) is 0 Å². The highest BCUT2D eigenvalue weighted by Gasteiger charge is 2.14. The molecule has 1 rings (SSSR count). The van der Waals surface area contributed by atoms with Crippen LogP contribution in [0.1, 0.15) is 32.4 Å². The van der Waals surface area contributed by atoms with Gasteiger partial charge in [0.25, 0.3) is 0 Å². The molecule has 0 saturated heterocycles. The molecule has 1 aromatic rings. The first-order chi connectivity index (χ1) is 5.57. The van der Waals surface area contributed by atoms with Crippen molar-refractivity contribution in [3.63, 3.8) is 0 Å². The summed E-state index contributed by atoms with van der Waals surface area (Å²) in [5.41, 5.74) is 6.95. The van der Waals surface area contributed by atoms with E-state index in [1.807, 2.05) is 11.6 Å². The van der Waals surface area contributed by atoms with E-state index in [1.54, 1.807) is 0 Å². The summed E-state index contributed by atoms with van der Waals surface area (Å²) in [6.07, 6.45) is 0. The Morgan fingerprint density at radius 1 is 1.58 bits per heavy atom. The minimum Gasteiger partial charge on any atom is -0.383 e. The maximum atomic E-state index is 5.84. The van der Waals surface area contributed by atoms with Gasteiger partial charge in [0.2, 0.25) is 0 Å². The molecule has 0 aliphatic heterocycles. The number of hydrogen-bond donors (Lipinski definition) is 1. The smallest absolute Gasteiger partial charge is 0.135 e. The summed E-state index contributed by atoms with van der Waals surface area (Å²) in [5, 5.41) is 4.41. The maximum Gasteiger partial charge on any atom is 0.135 e. The second kappa shape index (κ2) is 3.64. The van der Waals surface area contributed by atoms with Gasteiger partial charge in [-0.15, -0.1) is 0 Å². The first kappa shape index (κ1) is 9.83. The predicted molar refractivity (Wildman–Crippen MR) is 59.1 cm³/mol. The Bertz CT molecular complexity index is 278. The molecule has 0 atom stereocenters. The average Bonchev–Trinajstić information content (AvgIpc) is 2.30. The number of hydrogen-bond acceptors (Lipinski definition) is 2. The van der Waals surface area contributed by atoms with Gasteiger partial charge >= 0.3 is 0 Å². The van der Waals surface area contributed by atoms with E-state index < -0.39 is 0 Å². The van der Waals surface area contributed by atoms with Gasteiger partial charge in [0.15, 0.2) is 0 Å². The first-order valence-electron chi connectivity index (χ1n) is 4.09. The molecular weight excluding hydrogens is 265 g/mol. The zero-order valence-electron chi connectivity index (χ0n) is 7.63. The molecule has 12 heavy (non-hydrogen) atoms. The molecule has 0 aromatic carbocycles. The predicted octanol–water partition coefficient (Wildman–Crippen LogP) is 2.21. The second-order valence-electron chi connectivity index (χ2n) is 3.05. The maximum absolute atomic E-state index is 5.84. The third-order valence-electron chi connectivity index (χ3n) is 1.80. The quantitative estimate of drug-likeness (QED) is 0.843. The third-order valence-corrected chi connectivity index (χ3v) is 2.91. The van der Waals surface area contributed by atoms with Crippen LogP contribution in [-0.2, 0) is 6.54 Å². The van der Waals surface area contributed by atoms with Crippen molar-refractivity contribution in [1.82, 2.24) is 9.78 Å². The monoisotopic (exact) mass is 279 g/mol. The Labute approximate surface area is 86.5 Å². The molecule has 4 heteroatoms. The molecule has 0 spiro atoms. The zero-order valence-corrected chi connectivity index (χ0v) is 9.79. The molecule has 0 saturated carbocycles. The summed E-state index contributed by atoms with van der Waals surface area (Å²) in [7, 11) is 0. The molecule has 2 N–H and O–H groups in total. The van der Waals surface area contributed by atoms with Crippen LogP contribution >= 0.6 is 22.6 Å². The Hall–Kier alpha value is -0.260. The van der Waals surface area contributed by atoms with E-state index in [-0.39, 0.29) is 0 Å². The van der Waals surface area contributed by atoms with Gasteiger partial charge in [0.05, 0.1) is 9.26 Å². The number of rotatable bonds is 2. The van der Waals surface area contributed by atoms with Crippen molar-refractivity contribution >= 4 is 28.4 Å². The number of anilines is 1. The van der Waals surface area contributed by atoms with E-state index in [0.29, 0.717) is 5.92 Å². The second-order valence-corrected chi connectivity index (χ2v) is 4.13. The minimum atomic E-state index is 0.451. The summed E-state index contributed by atoms with van der Waals surface area (Å²) in [6.45, 7) is 7.14. The molecule has 1 aromatic heterocycles. The number of aryl methyl sites for hydroxylation is 1. The van der Waals surface area contributed by atoms with Gasteiger partial charge in [0.1, 0.15) is 5.82 Å². The molecule has 68 valence electrons. The molecule has 0 unspecified atom stereocenters. The van der Waals surface area contributed by atoms with Crippen LogP contribution in [-0.4, -0.2) is 9.78 Å². The van der Waals surface area contributed by atoms with Crippen LogP contribution in [0.2, 0.25) is 0 Å². The summed E-state index contributed by atoms with van der Waals surface area (Å²) in [6, 6.07) is 0. The SMILES string of the molecule is CCn1nc(C(C)C)c(I)c1N. The highest BCUT2D eigenvalue weighted by atomic mass is 127. The molecular formula is C8H14IN3. The van der Waals surface area contributed by atoms with E-state index >= 15 is 0 Å². The summed E-state index contributed by atoms with van der Waals surface area (Å²) in [4.78, 5) is 0. The van der Waals surface area contributed by atoms with Crippen LogP contribution in [0.15, 0.2) is 0 Å². The van der Waals surface area contributed by atoms with Crippen molar-refractivity contribution in [2.24, 2.45) is 0 Å². The Kier molecular flexibility index (Phi) is 2.98. The fraction of sp³-hybridized carbons (Fsp3) is 0.625. The number of halogens is 1. The van der Waals surface area contributed by atoms with Crippen LogP contribution in [0.25, 0.3) is 0 Å². The van der Waals surface area contributed by atoms with Crippen LogP contribution < -0.4 is 5.73 Å². The van der Waals surface area contributed by atoms with Gasteiger partial charge in [-0.25, -0.2) is 4.68 Å². The van der Waals surface area contributed by atoms with E-state index in [4.69, 9.17) is 5.73 Å². The summed E-state index contributed by atoms with van der Waals surface area (Å²) >= 11 is 2.26. The molecule has 0 fully saturated rings. The number of nitrogens with zero attached hydrogens (tertiary/aromatic N) is 2. The first-order valence-corrected chi connectivity index (χ1v) is 5.17. The van der Waals surface area contributed by atoms with E-state index in [1.165, 1.54) is 0 Å². The van der Waals surface area contributed by atoms with E-state index in [2.05, 4.69) is 41.5 Å². The molecule has 3 nitrogen and oxygen atoms in total. The van der Waals surface area contributed by atoms with Crippen LogP contribution in [0, 0.1) is 3.57 Å². The molecule has 0 amide bonds. The van der Waals surface area contributed by atoms with E-state index in [0.717, 1.165) is 21.6 Å². The number of nitrogen functional groups attached to an aromatic ring is 1. The van der Waals surface area contributed by atoms with Crippen molar-refractivity contribution in [2.45, 2.75) is 33.2 Å². The lowest BCUT2D eigenvalue weighted by Gasteiger charge is -1.98. The average molecular weight is 279 g/mol. The fourth-order valence-corrected chi connectivity index (χ4v) is 2.09. The number of nitrogens with two attached hydrogens (primary N) is 1. The largest absolute Gasteiger partial charge is 0.383 e. The third kappa shape index (κ3) is 1.57. The highest BCUT2D eigenvalue weighted by molar-refractivity contribution is 14.1. The van der Waals surface area contributed by atoms with Crippen molar-refractivity contribution in [3.05, 3.63) is 9.26 Å². The normalized spacial score (nSPS) is 11.1. The van der Waals surface area contributed by atoms with Gasteiger partial charge in [-0.2, -0.15) is 5.10 Å². The van der Waals surface area contributed by atoms with Crippen LogP contribution in [0.3, 0.4) is 0 Å². The van der Waals surface area contributed by atoms with Crippen LogP contribution in [0.4, 0.5) is 5.82 Å². The zero-order chi connectivity index (χ0) is 9.30. The fourth-order valence-electron chi connectivity index (χ4n) is 1.08. The van der Waals surface area contributed by atoms with Crippen molar-refractivity contribution < 1.29 is 0 Å². The number of aromatic nitrogens is 2. The minimum absolute atomic E-state index is 0.451. The topological polar surface area (TPSA) is 43.8 Å². The standard InChI is InChI=1S/C8H14IN3/c1-4-12-8(10)6(9)7(11-12)5(2)3/h5H,4,10H2,1-3H3. The lowest BCUT2D eigenvalue weighted by molar-refractivity contribution is 0.643. The van der Waals surface area contributed by atoms with Gasteiger partial charge in [0, 0.05) is 6.54 Å². The van der Waals surface area contributed by atoms with Gasteiger partial charge < -0.3 is 5.73 Å². The molecule has 0 radical (unpaired) electrons.